The first kappa shape index (κ1) is 18.0. The predicted molar refractivity (Wildman–Crippen MR) is 88.0 cm³/mol. The van der Waals surface area contributed by atoms with Gasteiger partial charge in [-0.25, -0.2) is 0 Å². The van der Waals surface area contributed by atoms with Crippen molar-refractivity contribution in [3.05, 3.63) is 29.3 Å². The fourth-order valence-electron chi connectivity index (χ4n) is 2.52. The van der Waals surface area contributed by atoms with Crippen LogP contribution in [-0.4, -0.2) is 49.9 Å². The third-order valence-electron chi connectivity index (χ3n) is 4.10. The molecule has 0 aliphatic heterocycles. The van der Waals surface area contributed by atoms with Crippen LogP contribution in [0.1, 0.15) is 31.9 Å². The topological polar surface area (TPSA) is 44.7 Å². The van der Waals surface area contributed by atoms with Gasteiger partial charge in [-0.05, 0) is 33.0 Å². The highest BCUT2D eigenvalue weighted by molar-refractivity contribution is 5.41. The van der Waals surface area contributed by atoms with Crippen molar-refractivity contribution in [1.29, 1.82) is 0 Å². The minimum absolute atomic E-state index is 0.0328. The number of aliphatic hydroxyl groups excluding tert-OH is 1. The summed E-state index contributed by atoms with van der Waals surface area (Å²) < 4.78 is 5.46. The van der Waals surface area contributed by atoms with Crippen LogP contribution < -0.4 is 10.1 Å². The van der Waals surface area contributed by atoms with E-state index in [0.717, 1.165) is 43.1 Å². The minimum atomic E-state index is -0.496. The number of benzene rings is 1. The summed E-state index contributed by atoms with van der Waals surface area (Å²) in [6.07, 6.45) is 0. The molecule has 0 heterocycles. The van der Waals surface area contributed by atoms with Crippen molar-refractivity contribution in [3.8, 4) is 5.75 Å². The Bertz CT molecular complexity index is 433. The van der Waals surface area contributed by atoms with E-state index in [2.05, 4.69) is 37.1 Å². The summed E-state index contributed by atoms with van der Waals surface area (Å²) in [4.78, 5) is 2.36. The van der Waals surface area contributed by atoms with Crippen molar-refractivity contribution in [2.45, 2.75) is 33.2 Å². The van der Waals surface area contributed by atoms with Gasteiger partial charge in [0.05, 0.1) is 19.3 Å². The van der Waals surface area contributed by atoms with E-state index in [1.807, 2.05) is 19.1 Å². The Balaban J connectivity index is 2.86. The Morgan fingerprint density at radius 3 is 2.48 bits per heavy atom. The number of rotatable bonds is 9. The quantitative estimate of drug-likeness (QED) is 0.732. The second-order valence-electron chi connectivity index (χ2n) is 5.65. The summed E-state index contributed by atoms with van der Waals surface area (Å²) in [7, 11) is 1.67. The summed E-state index contributed by atoms with van der Waals surface area (Å²) in [6.45, 7) is 12.3. The van der Waals surface area contributed by atoms with Crippen molar-refractivity contribution in [3.63, 3.8) is 0 Å². The summed E-state index contributed by atoms with van der Waals surface area (Å²) in [5.41, 5.74) is 1.67. The molecular formula is C17H30N2O2. The fraction of sp³-hybridized carbons (Fsp3) is 0.647. The Morgan fingerprint density at radius 1 is 1.29 bits per heavy atom. The second kappa shape index (κ2) is 8.37. The molecular weight excluding hydrogens is 264 g/mol. The molecule has 0 bridgehead atoms. The maximum Gasteiger partial charge on any atom is 0.124 e. The van der Waals surface area contributed by atoms with E-state index in [9.17, 15) is 5.11 Å². The lowest BCUT2D eigenvalue weighted by molar-refractivity contribution is 0.165. The number of ether oxygens (including phenoxy) is 1. The molecule has 0 aliphatic rings. The molecule has 120 valence electrons. The molecule has 0 radical (unpaired) electrons. The van der Waals surface area contributed by atoms with Crippen molar-refractivity contribution < 1.29 is 9.84 Å². The fourth-order valence-corrected chi connectivity index (χ4v) is 2.52. The lowest BCUT2D eigenvalue weighted by Gasteiger charge is -2.32. The SMILES string of the molecule is CCN(CC)CCNC(C)(CO)c1cc(C)ccc1OC. The number of likely N-dealkylation sites (N-methyl/N-ethyl adjacent to an activating group) is 1. The molecule has 1 unspecified atom stereocenters. The zero-order valence-corrected chi connectivity index (χ0v) is 14.1. The van der Waals surface area contributed by atoms with Gasteiger partial charge in [-0.1, -0.05) is 31.5 Å². The normalized spacial score (nSPS) is 14.2. The van der Waals surface area contributed by atoms with Crippen LogP contribution in [0.25, 0.3) is 0 Å². The van der Waals surface area contributed by atoms with E-state index in [0.29, 0.717) is 0 Å². The molecule has 0 saturated heterocycles. The van der Waals surface area contributed by atoms with Gasteiger partial charge in [0.25, 0.3) is 0 Å². The first-order valence-electron chi connectivity index (χ1n) is 7.74. The van der Waals surface area contributed by atoms with Crippen LogP contribution in [0.5, 0.6) is 5.75 Å². The van der Waals surface area contributed by atoms with E-state index >= 15 is 0 Å². The van der Waals surface area contributed by atoms with Crippen LogP contribution in [-0.2, 0) is 5.54 Å². The maximum atomic E-state index is 9.90. The monoisotopic (exact) mass is 294 g/mol. The Morgan fingerprint density at radius 2 is 1.95 bits per heavy atom. The molecule has 0 amide bonds. The van der Waals surface area contributed by atoms with E-state index in [1.165, 1.54) is 0 Å². The van der Waals surface area contributed by atoms with E-state index in [1.54, 1.807) is 7.11 Å². The molecule has 0 aromatic heterocycles. The van der Waals surface area contributed by atoms with Crippen molar-refractivity contribution in [2.24, 2.45) is 0 Å². The van der Waals surface area contributed by atoms with Gasteiger partial charge in [-0.2, -0.15) is 0 Å². The van der Waals surface area contributed by atoms with Gasteiger partial charge in [0.1, 0.15) is 5.75 Å². The number of methoxy groups -OCH3 is 1. The lowest BCUT2D eigenvalue weighted by atomic mass is 9.90. The van der Waals surface area contributed by atoms with Gasteiger partial charge in [-0.3, -0.25) is 0 Å². The van der Waals surface area contributed by atoms with Crippen LogP contribution in [0, 0.1) is 6.92 Å². The third-order valence-corrected chi connectivity index (χ3v) is 4.10. The minimum Gasteiger partial charge on any atom is -0.496 e. The smallest absolute Gasteiger partial charge is 0.124 e. The summed E-state index contributed by atoms with van der Waals surface area (Å²) in [6, 6.07) is 6.07. The molecule has 1 aromatic rings. The van der Waals surface area contributed by atoms with Crippen LogP contribution in [0.15, 0.2) is 18.2 Å². The second-order valence-corrected chi connectivity index (χ2v) is 5.65. The zero-order chi connectivity index (χ0) is 15.9. The van der Waals surface area contributed by atoms with Gasteiger partial charge in [0.2, 0.25) is 0 Å². The highest BCUT2D eigenvalue weighted by atomic mass is 16.5. The van der Waals surface area contributed by atoms with E-state index < -0.39 is 5.54 Å². The Hall–Kier alpha value is -1.10. The first-order chi connectivity index (χ1) is 10.0. The van der Waals surface area contributed by atoms with Crippen LogP contribution in [0.4, 0.5) is 0 Å². The molecule has 0 aliphatic carbocycles. The highest BCUT2D eigenvalue weighted by Crippen LogP contribution is 2.30. The number of nitrogens with zero attached hydrogens (tertiary/aromatic N) is 1. The van der Waals surface area contributed by atoms with E-state index in [4.69, 9.17) is 4.74 Å². The molecule has 0 saturated carbocycles. The predicted octanol–water partition coefficient (Wildman–Crippen LogP) is 2.14. The zero-order valence-electron chi connectivity index (χ0n) is 14.1. The summed E-state index contributed by atoms with van der Waals surface area (Å²) in [5, 5.41) is 13.4. The number of hydrogen-bond acceptors (Lipinski definition) is 4. The average molecular weight is 294 g/mol. The van der Waals surface area contributed by atoms with Crippen LogP contribution in [0.3, 0.4) is 0 Å². The number of aliphatic hydroxyl groups is 1. The molecule has 2 N–H and O–H groups in total. The van der Waals surface area contributed by atoms with E-state index in [-0.39, 0.29) is 6.61 Å². The molecule has 0 spiro atoms. The molecule has 1 aromatic carbocycles. The van der Waals surface area contributed by atoms with Gasteiger partial charge >= 0.3 is 0 Å². The van der Waals surface area contributed by atoms with Crippen molar-refractivity contribution >= 4 is 0 Å². The van der Waals surface area contributed by atoms with Gasteiger partial charge in [-0.15, -0.1) is 0 Å². The molecule has 1 rings (SSSR count). The average Bonchev–Trinajstić information content (AvgIpc) is 2.51. The highest BCUT2D eigenvalue weighted by Gasteiger charge is 2.28. The van der Waals surface area contributed by atoms with Gasteiger partial charge in [0, 0.05) is 18.7 Å². The maximum absolute atomic E-state index is 9.90. The standard InChI is InChI=1S/C17H30N2O2/c1-6-19(7-2)11-10-18-17(4,13-20)15-12-14(3)8-9-16(15)21-5/h8-9,12,18,20H,6-7,10-11,13H2,1-5H3. The number of aryl methyl sites for hydroxylation is 1. The molecule has 1 atom stereocenters. The molecule has 21 heavy (non-hydrogen) atoms. The summed E-state index contributed by atoms with van der Waals surface area (Å²) in [5.74, 6) is 0.812. The van der Waals surface area contributed by atoms with Crippen LogP contribution in [0.2, 0.25) is 0 Å². The van der Waals surface area contributed by atoms with Crippen molar-refractivity contribution in [2.75, 3.05) is 39.9 Å². The Labute approximate surface area is 129 Å². The Kier molecular flexibility index (Phi) is 7.15. The summed E-state index contributed by atoms with van der Waals surface area (Å²) >= 11 is 0. The largest absolute Gasteiger partial charge is 0.496 e. The van der Waals surface area contributed by atoms with Crippen LogP contribution >= 0.6 is 0 Å². The number of nitrogens with one attached hydrogen (secondary N) is 1. The number of hydrogen-bond donors (Lipinski definition) is 2. The molecule has 4 heteroatoms. The molecule has 4 nitrogen and oxygen atoms in total. The third kappa shape index (κ3) is 4.70. The molecule has 0 fully saturated rings. The van der Waals surface area contributed by atoms with Gasteiger partial charge in [0.15, 0.2) is 0 Å². The lowest BCUT2D eigenvalue weighted by Crippen LogP contribution is -2.46. The first-order valence-corrected chi connectivity index (χ1v) is 7.74. The van der Waals surface area contributed by atoms with Gasteiger partial charge < -0.3 is 20.1 Å². The van der Waals surface area contributed by atoms with Crippen molar-refractivity contribution in [1.82, 2.24) is 10.2 Å².